The van der Waals surface area contributed by atoms with Crippen LogP contribution in [0.3, 0.4) is 0 Å². The van der Waals surface area contributed by atoms with Gasteiger partial charge < -0.3 is 0 Å². The maximum Gasteiger partial charge on any atom is 0 e. The van der Waals surface area contributed by atoms with Crippen molar-refractivity contribution in [3.8, 4) is 0 Å². The monoisotopic (exact) mass is 780 g/mol. The molecule has 4 heteroatoms. The molecule has 0 amide bonds. The van der Waals surface area contributed by atoms with Gasteiger partial charge in [-0.25, -0.2) is 0 Å². The van der Waals surface area contributed by atoms with E-state index in [0.717, 1.165) is 0 Å². The molecule has 0 saturated heterocycles. The normalized spacial score (nSPS) is 0. The number of hydrogen-bond donors (Lipinski definition) is 0. The summed E-state index contributed by atoms with van der Waals surface area (Å²) in [5.74, 6) is 0. The number of hydrogen-bond acceptors (Lipinski definition) is 0. The van der Waals surface area contributed by atoms with Crippen LogP contribution in [0.4, 0.5) is 0 Å². The van der Waals surface area contributed by atoms with Gasteiger partial charge in [-0.3, -0.25) is 0 Å². The van der Waals surface area contributed by atoms with Crippen LogP contribution in [0.1, 0.15) is 0 Å². The van der Waals surface area contributed by atoms with Crippen molar-refractivity contribution in [2.75, 3.05) is 0 Å². The molecule has 10 radical (unpaired) electrons. The van der Waals surface area contributed by atoms with E-state index in [1.807, 2.05) is 0 Å². The van der Waals surface area contributed by atoms with E-state index in [-0.39, 0.29) is 128 Å². The van der Waals surface area contributed by atoms with E-state index in [1.54, 1.807) is 0 Å². The maximum atomic E-state index is 0. The Labute approximate surface area is 124 Å². The molecule has 0 heterocycles. The second-order valence-corrected chi connectivity index (χ2v) is 0. The first-order chi connectivity index (χ1) is 0. The van der Waals surface area contributed by atoms with Gasteiger partial charge in [-0.2, -0.15) is 0 Å². The van der Waals surface area contributed by atoms with Crippen molar-refractivity contribution in [3.05, 3.63) is 0 Å². The Hall–Kier alpha value is 4.23. The van der Waals surface area contributed by atoms with Gasteiger partial charge in [0.05, 0.1) is 0 Å². The van der Waals surface area contributed by atoms with Crippen molar-refractivity contribution >= 4 is 78.6 Å². The van der Waals surface area contributed by atoms with E-state index < -0.39 is 0 Å². The van der Waals surface area contributed by atoms with Crippen molar-refractivity contribution in [3.63, 3.8) is 0 Å². The summed E-state index contributed by atoms with van der Waals surface area (Å²) in [6.45, 7) is 0. The van der Waals surface area contributed by atoms with Crippen molar-refractivity contribution in [1.82, 2.24) is 0 Å². The molecule has 0 aromatic rings. The molecule has 0 aliphatic carbocycles. The van der Waals surface area contributed by atoms with Gasteiger partial charge in [0.2, 0.25) is 0 Å². The molecular formula is Bi3Eu. The van der Waals surface area contributed by atoms with Crippen LogP contribution in [0.2, 0.25) is 0 Å². The summed E-state index contributed by atoms with van der Waals surface area (Å²) >= 11 is 0. The third kappa shape index (κ3) is 9.53. The predicted molar refractivity (Wildman–Crippen MR) is 17.3 cm³/mol. The standard InChI is InChI=1S/3Bi.Eu. The minimum atomic E-state index is 0. The Morgan fingerprint density at radius 1 is 0.500 bits per heavy atom. The van der Waals surface area contributed by atoms with Gasteiger partial charge in [0.1, 0.15) is 0 Å². The number of rotatable bonds is 0. The second kappa shape index (κ2) is 15.7. The zero-order chi connectivity index (χ0) is 0. The van der Waals surface area contributed by atoms with Gasteiger partial charge in [0.15, 0.2) is 0 Å². The molecule has 22 valence electrons. The summed E-state index contributed by atoms with van der Waals surface area (Å²) in [6.07, 6.45) is 0. The summed E-state index contributed by atoms with van der Waals surface area (Å²) in [4.78, 5) is 0. The van der Waals surface area contributed by atoms with E-state index in [9.17, 15) is 0 Å². The molecule has 0 aliphatic rings. The zero-order valence-corrected chi connectivity index (χ0v) is 14.6. The van der Waals surface area contributed by atoms with Crippen LogP contribution in [0, 0.1) is 49.4 Å². The van der Waals surface area contributed by atoms with Gasteiger partial charge >= 0.3 is 0 Å². The first-order valence-corrected chi connectivity index (χ1v) is 0. The Balaban J connectivity index is 0. The molecule has 0 N–H and O–H groups in total. The molecule has 0 aliphatic heterocycles. The molecule has 0 spiro atoms. The molecule has 0 saturated carbocycles. The van der Waals surface area contributed by atoms with Gasteiger partial charge in [-0.1, -0.05) is 0 Å². The Morgan fingerprint density at radius 3 is 0.500 bits per heavy atom. The molecule has 0 rings (SSSR count). The minimum Gasteiger partial charge on any atom is 0 e. The van der Waals surface area contributed by atoms with Crippen LogP contribution in [0.5, 0.6) is 0 Å². The maximum absolute atomic E-state index is 0. The molecule has 0 atom stereocenters. The van der Waals surface area contributed by atoms with Crippen LogP contribution in [-0.2, 0) is 0 Å². The Morgan fingerprint density at radius 2 is 0.500 bits per heavy atom. The predicted octanol–water partition coefficient (Wildman–Crippen LogP) is -1.14. The van der Waals surface area contributed by atoms with Crippen molar-refractivity contribution in [2.24, 2.45) is 0 Å². The van der Waals surface area contributed by atoms with Crippen LogP contribution >= 0.6 is 0 Å². The van der Waals surface area contributed by atoms with E-state index >= 15 is 0 Å². The summed E-state index contributed by atoms with van der Waals surface area (Å²) in [5, 5.41) is 0. The van der Waals surface area contributed by atoms with E-state index in [0.29, 0.717) is 0 Å². The van der Waals surface area contributed by atoms with E-state index in [1.165, 1.54) is 0 Å². The molecule has 0 aromatic heterocycles. The topological polar surface area (TPSA) is 0 Å². The molecule has 0 nitrogen and oxygen atoms in total. The van der Waals surface area contributed by atoms with Crippen LogP contribution in [-0.4, -0.2) is 78.6 Å². The average molecular weight is 779 g/mol. The summed E-state index contributed by atoms with van der Waals surface area (Å²) in [6, 6.07) is 0. The van der Waals surface area contributed by atoms with Crippen molar-refractivity contribution in [1.29, 1.82) is 0 Å². The molecule has 0 bridgehead atoms. The quantitative estimate of drug-likeness (QED) is 0.274. The minimum absolute atomic E-state index is 0. The third-order valence-electron chi connectivity index (χ3n) is 0. The SMILES string of the molecule is [Bi].[Bi].[Bi].[Eu]. The third-order valence-corrected chi connectivity index (χ3v) is 0. The Bertz CT molecular complexity index is 3.25. The average Bonchev–Trinajstić information content (AvgIpc) is 0. The zero-order valence-electron chi connectivity index (χ0n) is 1.72. The summed E-state index contributed by atoms with van der Waals surface area (Å²) in [7, 11) is 0. The molecule has 0 fully saturated rings. The van der Waals surface area contributed by atoms with Gasteiger partial charge in [0, 0.05) is 128 Å². The van der Waals surface area contributed by atoms with E-state index in [2.05, 4.69) is 0 Å². The van der Waals surface area contributed by atoms with Gasteiger partial charge in [0.25, 0.3) is 0 Å². The Kier molecular flexibility index (Phi) is 94.2. The van der Waals surface area contributed by atoms with Crippen LogP contribution in [0.25, 0.3) is 0 Å². The summed E-state index contributed by atoms with van der Waals surface area (Å²) < 4.78 is 0. The first-order valence-electron chi connectivity index (χ1n) is 0. The van der Waals surface area contributed by atoms with Gasteiger partial charge in [-0.15, -0.1) is 0 Å². The van der Waals surface area contributed by atoms with Crippen LogP contribution < -0.4 is 0 Å². The molecule has 0 unspecified atom stereocenters. The largest absolute Gasteiger partial charge is 0 e. The fraction of sp³-hybridized carbons (Fsp3) is 0. The molecule has 4 heavy (non-hydrogen) atoms. The second-order valence-electron chi connectivity index (χ2n) is 0. The van der Waals surface area contributed by atoms with E-state index in [4.69, 9.17) is 0 Å². The van der Waals surface area contributed by atoms with Crippen molar-refractivity contribution in [2.45, 2.75) is 0 Å². The molecule has 0 aromatic carbocycles. The smallest absolute Gasteiger partial charge is 0 e. The summed E-state index contributed by atoms with van der Waals surface area (Å²) in [5.41, 5.74) is 0. The fourth-order valence-electron chi connectivity index (χ4n) is 0. The molecular weight excluding hydrogens is 779 g/mol. The van der Waals surface area contributed by atoms with Crippen LogP contribution in [0.15, 0.2) is 0 Å². The fourth-order valence-corrected chi connectivity index (χ4v) is 0. The first kappa shape index (κ1) is 24.0. The van der Waals surface area contributed by atoms with Gasteiger partial charge in [-0.05, 0) is 0 Å². The van der Waals surface area contributed by atoms with Crippen molar-refractivity contribution < 1.29 is 49.4 Å².